The second kappa shape index (κ2) is 8.50. The van der Waals surface area contributed by atoms with Gasteiger partial charge in [-0.3, -0.25) is 14.9 Å². The van der Waals surface area contributed by atoms with Crippen molar-refractivity contribution in [2.75, 3.05) is 7.11 Å². The largest absolute Gasteiger partial charge is 0.504 e. The minimum Gasteiger partial charge on any atom is -0.504 e. The number of hydrogen-bond donors (Lipinski definition) is 2. The zero-order chi connectivity index (χ0) is 22.7. The number of amides is 1. The van der Waals surface area contributed by atoms with E-state index >= 15 is 0 Å². The van der Waals surface area contributed by atoms with Crippen LogP contribution in [0.15, 0.2) is 77.9 Å². The Kier molecular flexibility index (Phi) is 5.59. The van der Waals surface area contributed by atoms with Gasteiger partial charge in [-0.25, -0.2) is 5.43 Å². The third-order valence-electron chi connectivity index (χ3n) is 5.76. The highest BCUT2D eigenvalue weighted by atomic mass is 16.6. The number of carbonyl (C=O) groups is 1. The van der Waals surface area contributed by atoms with E-state index in [4.69, 9.17) is 4.74 Å². The van der Waals surface area contributed by atoms with Gasteiger partial charge >= 0.3 is 5.69 Å². The van der Waals surface area contributed by atoms with E-state index < -0.39 is 16.0 Å². The summed E-state index contributed by atoms with van der Waals surface area (Å²) in [7, 11) is 1.23. The molecule has 0 spiro atoms. The van der Waals surface area contributed by atoms with Crippen LogP contribution < -0.4 is 10.2 Å². The third-order valence-corrected chi connectivity index (χ3v) is 5.76. The molecule has 0 aliphatic heterocycles. The molecular weight excluding hydrogens is 410 g/mol. The van der Waals surface area contributed by atoms with Crippen LogP contribution in [-0.4, -0.2) is 29.3 Å². The van der Waals surface area contributed by atoms with E-state index in [0.717, 1.165) is 11.1 Å². The maximum atomic E-state index is 12.9. The van der Waals surface area contributed by atoms with Gasteiger partial charge in [0.15, 0.2) is 5.75 Å². The second-order valence-electron chi connectivity index (χ2n) is 7.51. The molecule has 1 saturated carbocycles. The van der Waals surface area contributed by atoms with Gasteiger partial charge in [-0.05, 0) is 29.7 Å². The lowest BCUT2D eigenvalue weighted by Gasteiger charge is -2.18. The quantitative estimate of drug-likeness (QED) is 0.336. The molecule has 0 bridgehead atoms. The number of phenols is 1. The Labute approximate surface area is 184 Å². The molecule has 4 rings (SSSR count). The molecular formula is C24H21N3O5. The molecule has 8 nitrogen and oxygen atoms in total. The van der Waals surface area contributed by atoms with Gasteiger partial charge in [0.1, 0.15) is 0 Å². The highest BCUT2D eigenvalue weighted by Crippen LogP contribution is 2.58. The normalized spacial score (nSPS) is 16.5. The molecule has 0 heterocycles. The lowest BCUT2D eigenvalue weighted by molar-refractivity contribution is -0.386. The van der Waals surface area contributed by atoms with Crippen molar-refractivity contribution in [3.8, 4) is 11.5 Å². The maximum Gasteiger partial charge on any atom is 0.323 e. The van der Waals surface area contributed by atoms with Crippen molar-refractivity contribution >= 4 is 17.8 Å². The van der Waals surface area contributed by atoms with Gasteiger partial charge in [0.05, 0.1) is 29.7 Å². The van der Waals surface area contributed by atoms with Crippen LogP contribution in [0.5, 0.6) is 11.5 Å². The van der Waals surface area contributed by atoms with E-state index in [2.05, 4.69) is 10.5 Å². The Balaban J connectivity index is 1.57. The van der Waals surface area contributed by atoms with Gasteiger partial charge in [0.2, 0.25) is 11.7 Å². The summed E-state index contributed by atoms with van der Waals surface area (Å²) in [6.07, 6.45) is 1.81. The van der Waals surface area contributed by atoms with Crippen LogP contribution in [0, 0.1) is 16.0 Å². The predicted molar refractivity (Wildman–Crippen MR) is 119 cm³/mol. The molecule has 3 aromatic rings. The number of nitrogens with one attached hydrogen (secondary N) is 1. The van der Waals surface area contributed by atoms with Crippen LogP contribution in [-0.2, 0) is 10.2 Å². The molecule has 8 heteroatoms. The van der Waals surface area contributed by atoms with Gasteiger partial charge in [0.25, 0.3) is 0 Å². The number of nitrogens with zero attached hydrogens (tertiary/aromatic N) is 2. The average Bonchev–Trinajstić information content (AvgIpc) is 3.58. The molecule has 1 aliphatic carbocycles. The molecule has 0 radical (unpaired) electrons. The minimum absolute atomic E-state index is 0.0955. The van der Waals surface area contributed by atoms with Crippen molar-refractivity contribution in [2.45, 2.75) is 11.8 Å². The fraction of sp³-hybridized carbons (Fsp3) is 0.167. The summed E-state index contributed by atoms with van der Waals surface area (Å²) in [6.45, 7) is 0. The highest BCUT2D eigenvalue weighted by Gasteiger charge is 2.60. The number of methoxy groups -OCH3 is 1. The monoisotopic (exact) mass is 431 g/mol. The van der Waals surface area contributed by atoms with E-state index in [0.29, 0.717) is 6.42 Å². The minimum atomic E-state index is -0.668. The summed E-state index contributed by atoms with van der Waals surface area (Å²) >= 11 is 0. The fourth-order valence-electron chi connectivity index (χ4n) is 4.17. The third kappa shape index (κ3) is 3.66. The molecule has 2 N–H and O–H groups in total. The van der Waals surface area contributed by atoms with Gasteiger partial charge in [0, 0.05) is 5.41 Å². The zero-order valence-electron chi connectivity index (χ0n) is 17.3. The number of hydrazone groups is 1. The van der Waals surface area contributed by atoms with E-state index in [-0.39, 0.29) is 28.9 Å². The molecule has 3 aromatic carbocycles. The van der Waals surface area contributed by atoms with Crippen molar-refractivity contribution in [1.82, 2.24) is 5.43 Å². The Bertz CT molecular complexity index is 1140. The first-order valence-corrected chi connectivity index (χ1v) is 9.97. The van der Waals surface area contributed by atoms with Crippen molar-refractivity contribution < 1.29 is 19.6 Å². The van der Waals surface area contributed by atoms with Crippen LogP contribution in [0.2, 0.25) is 0 Å². The number of hydrogen-bond acceptors (Lipinski definition) is 6. The van der Waals surface area contributed by atoms with Gasteiger partial charge in [-0.15, -0.1) is 0 Å². The van der Waals surface area contributed by atoms with E-state index in [1.165, 1.54) is 25.5 Å². The van der Waals surface area contributed by atoms with Crippen molar-refractivity contribution in [3.05, 3.63) is 99.6 Å². The first-order valence-electron chi connectivity index (χ1n) is 9.97. The van der Waals surface area contributed by atoms with Crippen LogP contribution in [0.4, 0.5) is 5.69 Å². The Hall–Kier alpha value is -4.20. The van der Waals surface area contributed by atoms with Crippen LogP contribution in [0.1, 0.15) is 23.1 Å². The number of benzene rings is 3. The SMILES string of the molecule is COc1c(O)ccc(/C=N\NC(=O)[C@H]2CC2(c2ccccc2)c2ccccc2)c1[N+](=O)[O-]. The predicted octanol–water partition coefficient (Wildman–Crippen LogP) is 3.77. The highest BCUT2D eigenvalue weighted by molar-refractivity contribution is 5.90. The molecule has 1 atom stereocenters. The molecule has 32 heavy (non-hydrogen) atoms. The van der Waals surface area contributed by atoms with Crippen LogP contribution >= 0.6 is 0 Å². The summed E-state index contributed by atoms with van der Waals surface area (Å²) in [5.41, 5.74) is 3.84. The number of ether oxygens (including phenoxy) is 1. The topological polar surface area (TPSA) is 114 Å². The van der Waals surface area contributed by atoms with Gasteiger partial charge in [-0.2, -0.15) is 5.10 Å². The van der Waals surface area contributed by atoms with Crippen LogP contribution in [0.3, 0.4) is 0 Å². The maximum absolute atomic E-state index is 12.9. The Morgan fingerprint density at radius 3 is 2.25 bits per heavy atom. The molecule has 0 aromatic heterocycles. The second-order valence-corrected chi connectivity index (χ2v) is 7.51. The Morgan fingerprint density at radius 2 is 1.72 bits per heavy atom. The van der Waals surface area contributed by atoms with E-state index in [1.54, 1.807) is 0 Å². The smallest absolute Gasteiger partial charge is 0.323 e. The number of phenolic OH excluding ortho intramolecular Hbond substituents is 1. The summed E-state index contributed by atoms with van der Waals surface area (Å²) in [4.78, 5) is 23.7. The number of aromatic hydroxyl groups is 1. The molecule has 0 saturated heterocycles. The van der Waals surface area contributed by atoms with Crippen molar-refractivity contribution in [3.63, 3.8) is 0 Å². The van der Waals surface area contributed by atoms with E-state index in [9.17, 15) is 20.0 Å². The number of nitro groups is 1. The summed E-state index contributed by atoms with van der Waals surface area (Å²) < 4.78 is 4.94. The molecule has 0 unspecified atom stereocenters. The van der Waals surface area contributed by atoms with E-state index in [1.807, 2.05) is 60.7 Å². The van der Waals surface area contributed by atoms with Crippen LogP contribution in [0.25, 0.3) is 0 Å². The molecule has 1 aliphatic rings. The van der Waals surface area contributed by atoms with Crippen molar-refractivity contribution in [1.29, 1.82) is 0 Å². The summed E-state index contributed by atoms with van der Waals surface area (Å²) in [6, 6.07) is 22.3. The average molecular weight is 431 g/mol. The number of carbonyl (C=O) groups excluding carboxylic acids is 1. The molecule has 162 valence electrons. The Morgan fingerprint density at radius 1 is 1.12 bits per heavy atom. The molecule has 1 amide bonds. The summed E-state index contributed by atoms with van der Waals surface area (Å²) in [5.74, 6) is -1.22. The summed E-state index contributed by atoms with van der Waals surface area (Å²) in [5, 5.41) is 25.2. The first kappa shape index (κ1) is 21.0. The first-order chi connectivity index (χ1) is 15.5. The van der Waals surface area contributed by atoms with Crippen molar-refractivity contribution in [2.24, 2.45) is 11.0 Å². The lowest BCUT2D eigenvalue weighted by atomic mass is 9.85. The number of nitro benzene ring substituents is 1. The molecule has 1 fully saturated rings. The standard InChI is InChI=1S/C24H21N3O5/c1-32-22-20(28)13-12-16(21(22)27(30)31)15-25-26-23(29)19-14-24(19,17-8-4-2-5-9-17)18-10-6-3-7-11-18/h2-13,15,19,28H,14H2,1H3,(H,26,29)/b25-15-/t19-/m1/s1. The van der Waals surface area contributed by atoms with Gasteiger partial charge < -0.3 is 9.84 Å². The van der Waals surface area contributed by atoms with Gasteiger partial charge in [-0.1, -0.05) is 60.7 Å². The number of rotatable bonds is 7. The fourth-order valence-corrected chi connectivity index (χ4v) is 4.17. The zero-order valence-corrected chi connectivity index (χ0v) is 17.3. The lowest BCUT2D eigenvalue weighted by Crippen LogP contribution is -2.25.